The fourth-order valence-electron chi connectivity index (χ4n) is 2.28. The zero-order chi connectivity index (χ0) is 16.4. The zero-order valence-corrected chi connectivity index (χ0v) is 15.5. The van der Waals surface area contributed by atoms with Crippen molar-refractivity contribution in [2.75, 3.05) is 6.54 Å². The highest BCUT2D eigenvalue weighted by Gasteiger charge is 2.32. The third-order valence-corrected chi connectivity index (χ3v) is 5.40. The van der Waals surface area contributed by atoms with Gasteiger partial charge in [-0.2, -0.15) is 0 Å². The quantitative estimate of drug-likeness (QED) is 0.668. The molecule has 3 nitrogen and oxygen atoms in total. The Kier molecular flexibility index (Phi) is 5.09. The zero-order valence-electron chi connectivity index (χ0n) is 12.4. The van der Waals surface area contributed by atoms with E-state index in [1.807, 2.05) is 36.4 Å². The first-order valence-electron chi connectivity index (χ1n) is 7.12. The summed E-state index contributed by atoms with van der Waals surface area (Å²) in [5, 5.41) is 1.70. The molecule has 0 aliphatic carbocycles. The summed E-state index contributed by atoms with van der Waals surface area (Å²) in [5.74, 6) is -0.0398. The summed E-state index contributed by atoms with van der Waals surface area (Å²) in [6.07, 6.45) is 0. The van der Waals surface area contributed by atoms with Crippen molar-refractivity contribution in [1.29, 1.82) is 0 Å². The van der Waals surface area contributed by atoms with Gasteiger partial charge in [-0.05, 0) is 52.3 Å². The van der Waals surface area contributed by atoms with Crippen LogP contribution in [0.25, 0.3) is 0 Å². The van der Waals surface area contributed by atoms with Crippen LogP contribution in [0.5, 0.6) is 0 Å². The van der Waals surface area contributed by atoms with Gasteiger partial charge in [-0.3, -0.25) is 9.69 Å². The maximum atomic E-state index is 12.8. The number of hydrogen-bond acceptors (Lipinski definition) is 3. The van der Waals surface area contributed by atoms with Gasteiger partial charge in [-0.15, -0.1) is 0 Å². The molecule has 0 aromatic heterocycles. The number of amidine groups is 1. The number of thioether (sulfide) groups is 1. The molecular formula is C17H14BrClN2OS. The molecule has 1 aliphatic heterocycles. The summed E-state index contributed by atoms with van der Waals surface area (Å²) >= 11 is 11.0. The Balaban J connectivity index is 1.92. The number of aliphatic imine (C=N–C) groups is 1. The van der Waals surface area contributed by atoms with Crippen molar-refractivity contribution >= 4 is 56.1 Å². The molecule has 0 N–H and O–H groups in total. The van der Waals surface area contributed by atoms with Gasteiger partial charge >= 0.3 is 0 Å². The molecule has 1 atom stereocenters. The topological polar surface area (TPSA) is 32.7 Å². The maximum absolute atomic E-state index is 12.8. The molecule has 2 aromatic rings. The van der Waals surface area contributed by atoms with Crippen LogP contribution in [0.2, 0.25) is 5.02 Å². The van der Waals surface area contributed by atoms with Crippen LogP contribution in [0.1, 0.15) is 17.3 Å². The highest BCUT2D eigenvalue weighted by Crippen LogP contribution is 2.31. The van der Waals surface area contributed by atoms with Crippen LogP contribution in [0.3, 0.4) is 0 Å². The first-order valence-corrected chi connectivity index (χ1v) is 9.17. The molecule has 118 valence electrons. The van der Waals surface area contributed by atoms with Gasteiger partial charge in [0.15, 0.2) is 5.17 Å². The second kappa shape index (κ2) is 7.07. The molecule has 0 spiro atoms. The van der Waals surface area contributed by atoms with E-state index in [4.69, 9.17) is 11.6 Å². The van der Waals surface area contributed by atoms with E-state index in [1.165, 1.54) is 0 Å². The largest absolute Gasteiger partial charge is 0.286 e. The highest BCUT2D eigenvalue weighted by atomic mass is 79.9. The normalized spacial score (nSPS) is 19.3. The number of benzene rings is 2. The van der Waals surface area contributed by atoms with Crippen LogP contribution in [0.4, 0.5) is 5.69 Å². The van der Waals surface area contributed by atoms with Crippen molar-refractivity contribution in [3.05, 3.63) is 63.6 Å². The lowest BCUT2D eigenvalue weighted by molar-refractivity contribution is 0.0854. The lowest BCUT2D eigenvalue weighted by Gasteiger charge is -2.17. The number of halogens is 2. The van der Waals surface area contributed by atoms with E-state index in [-0.39, 0.29) is 5.91 Å². The van der Waals surface area contributed by atoms with Crippen LogP contribution >= 0.6 is 39.3 Å². The van der Waals surface area contributed by atoms with Crippen molar-refractivity contribution in [3.8, 4) is 0 Å². The van der Waals surface area contributed by atoms with Crippen molar-refractivity contribution in [2.45, 2.75) is 12.2 Å². The lowest BCUT2D eigenvalue weighted by atomic mass is 10.2. The van der Waals surface area contributed by atoms with E-state index in [1.54, 1.807) is 28.8 Å². The summed E-state index contributed by atoms with van der Waals surface area (Å²) in [6, 6.07) is 14.7. The monoisotopic (exact) mass is 408 g/mol. The molecule has 1 aliphatic rings. The average molecular weight is 410 g/mol. The van der Waals surface area contributed by atoms with E-state index >= 15 is 0 Å². The first-order chi connectivity index (χ1) is 11.0. The summed E-state index contributed by atoms with van der Waals surface area (Å²) in [7, 11) is 0. The van der Waals surface area contributed by atoms with Gasteiger partial charge in [0.2, 0.25) is 0 Å². The van der Waals surface area contributed by atoms with Crippen LogP contribution in [-0.4, -0.2) is 27.8 Å². The average Bonchev–Trinajstić information content (AvgIpc) is 2.90. The number of rotatable bonds is 2. The number of carbonyl (C=O) groups excluding carboxylic acids is 1. The molecule has 23 heavy (non-hydrogen) atoms. The SMILES string of the molecule is C[C@@H]1CN(C(=O)c2ccccc2Br)C(=Nc2ccc(Cl)cc2)S1. The van der Waals surface area contributed by atoms with Crippen LogP contribution in [0, 0.1) is 0 Å². The standard InChI is InChI=1S/C17H14BrClN2OS/c1-11-10-21(16(22)14-4-2-3-5-15(14)18)17(23-11)20-13-8-6-12(19)7-9-13/h2-9,11H,10H2,1H3/t11-/m1/s1. The van der Waals surface area contributed by atoms with Crippen molar-refractivity contribution in [2.24, 2.45) is 4.99 Å². The Morgan fingerprint density at radius 1 is 1.26 bits per heavy atom. The molecule has 1 amide bonds. The first kappa shape index (κ1) is 16.6. The number of amides is 1. The molecule has 0 saturated carbocycles. The van der Waals surface area contributed by atoms with Crippen LogP contribution in [0.15, 0.2) is 58.0 Å². The van der Waals surface area contributed by atoms with Gasteiger partial charge in [0, 0.05) is 21.3 Å². The second-order valence-corrected chi connectivity index (χ2v) is 7.89. The van der Waals surface area contributed by atoms with Gasteiger partial charge < -0.3 is 0 Å². The molecule has 3 rings (SSSR count). The van der Waals surface area contributed by atoms with Crippen molar-refractivity contribution < 1.29 is 4.79 Å². The fourth-order valence-corrected chi connectivity index (χ4v) is 3.89. The minimum absolute atomic E-state index is 0.0398. The van der Waals surface area contributed by atoms with Crippen LogP contribution < -0.4 is 0 Å². The van der Waals surface area contributed by atoms with Crippen molar-refractivity contribution in [1.82, 2.24) is 4.90 Å². The molecule has 0 bridgehead atoms. The Hall–Kier alpha value is -1.30. The predicted molar refractivity (Wildman–Crippen MR) is 101 cm³/mol. The lowest BCUT2D eigenvalue weighted by Crippen LogP contribution is -2.32. The van der Waals surface area contributed by atoms with Gasteiger partial charge in [0.05, 0.1) is 11.3 Å². The van der Waals surface area contributed by atoms with E-state index in [0.717, 1.165) is 15.3 Å². The smallest absolute Gasteiger partial charge is 0.261 e. The third-order valence-electron chi connectivity index (χ3n) is 3.38. The van der Waals surface area contributed by atoms with E-state index in [9.17, 15) is 4.79 Å². The Morgan fingerprint density at radius 3 is 2.65 bits per heavy atom. The minimum Gasteiger partial charge on any atom is -0.286 e. The molecular weight excluding hydrogens is 396 g/mol. The van der Waals surface area contributed by atoms with Gasteiger partial charge in [0.25, 0.3) is 5.91 Å². The second-order valence-electron chi connectivity index (χ2n) is 5.19. The van der Waals surface area contributed by atoms with E-state index in [2.05, 4.69) is 27.8 Å². The number of carbonyl (C=O) groups is 1. The fraction of sp³-hybridized carbons (Fsp3) is 0.176. The van der Waals surface area contributed by atoms with E-state index < -0.39 is 0 Å². The Labute approximate surface area is 152 Å². The van der Waals surface area contributed by atoms with Gasteiger partial charge in [-0.1, -0.05) is 42.4 Å². The molecule has 2 aromatic carbocycles. The highest BCUT2D eigenvalue weighted by molar-refractivity contribution is 9.10. The Bertz CT molecular complexity index is 763. The summed E-state index contributed by atoms with van der Waals surface area (Å²) in [6.45, 7) is 2.74. The summed E-state index contributed by atoms with van der Waals surface area (Å²) < 4.78 is 0.792. The summed E-state index contributed by atoms with van der Waals surface area (Å²) in [5.41, 5.74) is 1.43. The predicted octanol–water partition coefficient (Wildman–Crippen LogP) is 5.37. The number of nitrogens with zero attached hydrogens (tertiary/aromatic N) is 2. The van der Waals surface area contributed by atoms with Crippen molar-refractivity contribution in [3.63, 3.8) is 0 Å². The number of hydrogen-bond donors (Lipinski definition) is 0. The summed E-state index contributed by atoms with van der Waals surface area (Å²) in [4.78, 5) is 19.2. The minimum atomic E-state index is -0.0398. The Morgan fingerprint density at radius 2 is 1.96 bits per heavy atom. The molecule has 1 saturated heterocycles. The third kappa shape index (κ3) is 3.79. The van der Waals surface area contributed by atoms with Crippen LogP contribution in [-0.2, 0) is 0 Å². The van der Waals surface area contributed by atoms with Gasteiger partial charge in [-0.25, -0.2) is 4.99 Å². The molecule has 6 heteroatoms. The molecule has 0 unspecified atom stereocenters. The molecule has 1 fully saturated rings. The molecule has 1 heterocycles. The maximum Gasteiger partial charge on any atom is 0.261 e. The van der Waals surface area contributed by atoms with Gasteiger partial charge in [0.1, 0.15) is 0 Å². The van der Waals surface area contributed by atoms with E-state index in [0.29, 0.717) is 22.4 Å². The molecule has 0 radical (unpaired) electrons.